The predicted octanol–water partition coefficient (Wildman–Crippen LogP) is 4.30. The molecule has 1 atom stereocenters. The molecule has 1 amide bonds. The summed E-state index contributed by atoms with van der Waals surface area (Å²) in [6.45, 7) is 2.42. The summed E-state index contributed by atoms with van der Waals surface area (Å²) < 4.78 is 19.3. The van der Waals surface area contributed by atoms with Gasteiger partial charge in [0.05, 0.1) is 16.2 Å². The Bertz CT molecular complexity index is 908. The van der Waals surface area contributed by atoms with Crippen LogP contribution in [0.2, 0.25) is 10.0 Å². The first-order valence-corrected chi connectivity index (χ1v) is 9.48. The van der Waals surface area contributed by atoms with Crippen LogP contribution in [-0.2, 0) is 0 Å². The van der Waals surface area contributed by atoms with E-state index in [1.54, 1.807) is 0 Å². The van der Waals surface area contributed by atoms with Gasteiger partial charge in [0.15, 0.2) is 17.3 Å². The average Bonchev–Trinajstić information content (AvgIpc) is 3.26. The van der Waals surface area contributed by atoms with Gasteiger partial charge in [0.25, 0.3) is 0 Å². The molecule has 1 aromatic heterocycles. The molecule has 10 heteroatoms. The number of carbonyl (C=O) groups is 1. The lowest BCUT2D eigenvalue weighted by Crippen LogP contribution is -2.33. The van der Waals surface area contributed by atoms with Crippen LogP contribution in [0.3, 0.4) is 0 Å². The molecule has 7 nitrogen and oxygen atoms in total. The molecule has 0 saturated carbocycles. The predicted molar refractivity (Wildman–Crippen MR) is 102 cm³/mol. The highest BCUT2D eigenvalue weighted by atomic mass is 35.5. The van der Waals surface area contributed by atoms with Crippen LogP contribution in [0.4, 0.5) is 15.0 Å². The van der Waals surface area contributed by atoms with E-state index in [0.717, 1.165) is 25.0 Å². The van der Waals surface area contributed by atoms with Crippen LogP contribution in [-0.4, -0.2) is 52.2 Å². The molecule has 1 N–H and O–H groups in total. The minimum atomic E-state index is -0.887. The molecule has 0 aliphatic carbocycles. The van der Waals surface area contributed by atoms with Gasteiger partial charge < -0.3 is 19.6 Å². The highest BCUT2D eigenvalue weighted by Gasteiger charge is 2.45. The Hall–Kier alpha value is -2.32. The lowest BCUT2D eigenvalue weighted by Gasteiger charge is -2.25. The van der Waals surface area contributed by atoms with E-state index in [4.69, 9.17) is 27.9 Å². The van der Waals surface area contributed by atoms with E-state index in [9.17, 15) is 14.3 Å². The van der Waals surface area contributed by atoms with Crippen LogP contribution < -0.4 is 9.64 Å². The highest BCUT2D eigenvalue weighted by Crippen LogP contribution is 2.44. The van der Waals surface area contributed by atoms with Crippen molar-refractivity contribution in [2.24, 2.45) is 5.41 Å². The monoisotopic (exact) mass is 426 g/mol. The molecule has 148 valence electrons. The number of halogens is 3. The van der Waals surface area contributed by atoms with E-state index < -0.39 is 11.9 Å². The van der Waals surface area contributed by atoms with Crippen molar-refractivity contribution in [3.05, 3.63) is 40.5 Å². The largest absolute Gasteiger partial charge is 0.465 e. The summed E-state index contributed by atoms with van der Waals surface area (Å²) in [5, 5.41) is 9.33. The Labute approximate surface area is 170 Å². The maximum absolute atomic E-state index is 13.4. The molecule has 2 aliphatic heterocycles. The van der Waals surface area contributed by atoms with E-state index in [2.05, 4.69) is 9.97 Å². The summed E-state index contributed by atoms with van der Waals surface area (Å²) in [6.07, 6.45) is 3.70. The summed E-state index contributed by atoms with van der Waals surface area (Å²) in [6, 6.07) is 2.24. The first kappa shape index (κ1) is 19.0. The van der Waals surface area contributed by atoms with Gasteiger partial charge in [-0.3, -0.25) is 0 Å². The Morgan fingerprint density at radius 3 is 2.61 bits per heavy atom. The van der Waals surface area contributed by atoms with Gasteiger partial charge in [0.2, 0.25) is 0 Å². The highest BCUT2D eigenvalue weighted by molar-refractivity contribution is 6.37. The zero-order valence-electron chi connectivity index (χ0n) is 14.7. The lowest BCUT2D eigenvalue weighted by atomic mass is 9.86. The average molecular weight is 427 g/mol. The second-order valence-electron chi connectivity index (χ2n) is 7.14. The third-order valence-corrected chi connectivity index (χ3v) is 5.84. The molecule has 2 saturated heterocycles. The van der Waals surface area contributed by atoms with E-state index >= 15 is 0 Å². The molecule has 1 spiro atoms. The van der Waals surface area contributed by atoms with Gasteiger partial charge in [-0.05, 0) is 25.0 Å². The number of carboxylic acid groups (broad SMARTS) is 1. The summed E-state index contributed by atoms with van der Waals surface area (Å²) >= 11 is 12.2. The number of hydrogen-bond donors (Lipinski definition) is 1. The van der Waals surface area contributed by atoms with Crippen molar-refractivity contribution >= 4 is 35.1 Å². The first-order chi connectivity index (χ1) is 13.4. The van der Waals surface area contributed by atoms with Crippen molar-refractivity contribution in [3.63, 3.8) is 0 Å². The lowest BCUT2D eigenvalue weighted by molar-refractivity contribution is 0.150. The number of hydrogen-bond acceptors (Lipinski definition) is 5. The second kappa shape index (κ2) is 7.25. The number of nitrogens with zero attached hydrogens (tertiary/aromatic N) is 4. The standard InChI is InChI=1S/C18H17Cl2FN4O3/c19-12-5-11(21)6-13(20)15(12)28-14-7-22-10-23-16(14)24-3-1-18(8-24)2-4-25(9-18)17(26)27/h5-7,10H,1-4,8-9H2,(H,26,27). The molecular weight excluding hydrogens is 410 g/mol. The summed E-state index contributed by atoms with van der Waals surface area (Å²) in [4.78, 5) is 23.1. The van der Waals surface area contributed by atoms with E-state index in [1.807, 2.05) is 4.90 Å². The fourth-order valence-corrected chi connectivity index (χ4v) is 4.44. The molecular formula is C18H17Cl2FN4O3. The number of benzene rings is 1. The van der Waals surface area contributed by atoms with Crippen molar-refractivity contribution in [3.8, 4) is 11.5 Å². The van der Waals surface area contributed by atoms with Gasteiger partial charge in [-0.25, -0.2) is 19.2 Å². The Morgan fingerprint density at radius 2 is 1.93 bits per heavy atom. The minimum Gasteiger partial charge on any atom is -0.465 e. The normalized spacial score (nSPS) is 21.5. The number of anilines is 1. The molecule has 0 bridgehead atoms. The van der Waals surface area contributed by atoms with Crippen LogP contribution in [0, 0.1) is 11.2 Å². The number of rotatable bonds is 3. The zero-order valence-corrected chi connectivity index (χ0v) is 16.3. The Morgan fingerprint density at radius 1 is 1.21 bits per heavy atom. The summed E-state index contributed by atoms with van der Waals surface area (Å²) in [5.74, 6) is 0.491. The molecule has 1 unspecified atom stereocenters. The Balaban J connectivity index is 1.57. The zero-order chi connectivity index (χ0) is 19.9. The van der Waals surface area contributed by atoms with Crippen LogP contribution in [0.15, 0.2) is 24.7 Å². The quantitative estimate of drug-likeness (QED) is 0.787. The molecule has 0 radical (unpaired) electrons. The third kappa shape index (κ3) is 3.54. The second-order valence-corrected chi connectivity index (χ2v) is 7.95. The molecule has 2 aromatic rings. The summed E-state index contributed by atoms with van der Waals surface area (Å²) in [7, 11) is 0. The Kier molecular flexibility index (Phi) is 4.93. The van der Waals surface area contributed by atoms with Crippen LogP contribution in [0.25, 0.3) is 0 Å². The molecule has 1 aromatic carbocycles. The number of aromatic nitrogens is 2. The van der Waals surface area contributed by atoms with Crippen molar-refractivity contribution in [1.82, 2.24) is 14.9 Å². The molecule has 2 aliphatic rings. The smallest absolute Gasteiger partial charge is 0.407 e. The van der Waals surface area contributed by atoms with Crippen molar-refractivity contribution < 1.29 is 19.0 Å². The fraction of sp³-hybridized carbons (Fsp3) is 0.389. The number of ether oxygens (including phenoxy) is 1. The van der Waals surface area contributed by atoms with Crippen LogP contribution in [0.5, 0.6) is 11.5 Å². The van der Waals surface area contributed by atoms with Gasteiger partial charge in [0.1, 0.15) is 12.1 Å². The van der Waals surface area contributed by atoms with Gasteiger partial charge in [-0.1, -0.05) is 23.2 Å². The maximum Gasteiger partial charge on any atom is 0.407 e. The fourth-order valence-electron chi connectivity index (χ4n) is 3.90. The first-order valence-electron chi connectivity index (χ1n) is 8.72. The van der Waals surface area contributed by atoms with Crippen LogP contribution >= 0.6 is 23.2 Å². The molecule has 28 heavy (non-hydrogen) atoms. The SMILES string of the molecule is O=C(O)N1CCC2(CCN(c3ncncc3Oc3c(Cl)cc(F)cc3Cl)C2)C1. The van der Waals surface area contributed by atoms with E-state index in [0.29, 0.717) is 37.7 Å². The number of likely N-dealkylation sites (tertiary alicyclic amines) is 1. The van der Waals surface area contributed by atoms with Gasteiger partial charge in [0, 0.05) is 31.6 Å². The van der Waals surface area contributed by atoms with Crippen molar-refractivity contribution in [2.75, 3.05) is 31.1 Å². The number of amides is 1. The topological polar surface area (TPSA) is 78.8 Å². The van der Waals surface area contributed by atoms with Crippen LogP contribution in [0.1, 0.15) is 12.8 Å². The minimum absolute atomic E-state index is 0.0468. The van der Waals surface area contributed by atoms with Gasteiger partial charge in [-0.2, -0.15) is 0 Å². The van der Waals surface area contributed by atoms with Crippen molar-refractivity contribution in [1.29, 1.82) is 0 Å². The molecule has 4 rings (SSSR count). The molecule has 2 fully saturated rings. The molecule has 3 heterocycles. The van der Waals surface area contributed by atoms with Crippen molar-refractivity contribution in [2.45, 2.75) is 12.8 Å². The summed E-state index contributed by atoms with van der Waals surface area (Å²) in [5.41, 5.74) is -0.0915. The third-order valence-electron chi connectivity index (χ3n) is 5.28. The maximum atomic E-state index is 13.4. The van der Waals surface area contributed by atoms with Gasteiger partial charge >= 0.3 is 6.09 Å². The van der Waals surface area contributed by atoms with Gasteiger partial charge in [-0.15, -0.1) is 0 Å². The van der Waals surface area contributed by atoms with E-state index in [-0.39, 0.29) is 21.2 Å². The van der Waals surface area contributed by atoms with E-state index in [1.165, 1.54) is 17.4 Å².